The Hall–Kier alpha value is -1.58. The molecule has 0 atom stereocenters. The number of carbonyl (C=O) groups excluding carboxylic acids is 1. The van der Waals surface area contributed by atoms with Crippen LogP contribution in [0.2, 0.25) is 5.02 Å². The molecule has 5 heteroatoms. The van der Waals surface area contributed by atoms with Gasteiger partial charge < -0.3 is 5.32 Å². The lowest BCUT2D eigenvalue weighted by Gasteiger charge is -2.07. The largest absolute Gasteiger partial charge is 0.321 e. The molecule has 0 saturated carbocycles. The fraction of sp³-hybridized carbons (Fsp3) is 0. The Morgan fingerprint density at radius 3 is 2.74 bits per heavy atom. The predicted octanol–water partition coefficient (Wildman–Crippen LogP) is 4.07. The van der Waals surface area contributed by atoms with Crippen LogP contribution in [-0.4, -0.2) is 5.91 Å². The first-order valence-corrected chi connectivity index (χ1v) is 6.82. The third kappa shape index (κ3) is 3.46. The Morgan fingerprint density at radius 1 is 1.26 bits per heavy atom. The van der Waals surface area contributed by atoms with E-state index < -0.39 is 0 Å². The van der Waals surface area contributed by atoms with Crippen LogP contribution in [0.25, 0.3) is 0 Å². The van der Waals surface area contributed by atoms with Crippen molar-refractivity contribution in [3.63, 3.8) is 0 Å². The van der Waals surface area contributed by atoms with E-state index in [1.54, 1.807) is 36.4 Å². The number of rotatable bonds is 2. The van der Waals surface area contributed by atoms with Gasteiger partial charge in [0.15, 0.2) is 0 Å². The number of nitriles is 1. The van der Waals surface area contributed by atoms with Crippen LogP contribution in [-0.2, 0) is 0 Å². The minimum Gasteiger partial charge on any atom is -0.321 e. The van der Waals surface area contributed by atoms with Crippen LogP contribution in [0.5, 0.6) is 0 Å². The Kier molecular flexibility index (Phi) is 4.40. The Bertz CT molecular complexity index is 679. The Morgan fingerprint density at radius 2 is 2.05 bits per heavy atom. The lowest BCUT2D eigenvalue weighted by atomic mass is 10.1. The van der Waals surface area contributed by atoms with Crippen molar-refractivity contribution in [1.29, 1.82) is 5.26 Å². The highest BCUT2D eigenvalue weighted by Crippen LogP contribution is 2.21. The standard InChI is InChI=1S/C14H8ClIN2O/c15-11-5-4-10(8-17)13(7-11)18-14(19)9-2-1-3-12(16)6-9/h1-7H,(H,18,19). The van der Waals surface area contributed by atoms with Crippen molar-refractivity contribution < 1.29 is 4.79 Å². The van der Waals surface area contributed by atoms with Gasteiger partial charge in [-0.1, -0.05) is 17.7 Å². The molecule has 0 fully saturated rings. The summed E-state index contributed by atoms with van der Waals surface area (Å²) in [6.45, 7) is 0. The van der Waals surface area contributed by atoms with E-state index in [1.165, 1.54) is 0 Å². The van der Waals surface area contributed by atoms with Crippen molar-refractivity contribution in [2.45, 2.75) is 0 Å². The lowest BCUT2D eigenvalue weighted by Crippen LogP contribution is -2.13. The lowest BCUT2D eigenvalue weighted by molar-refractivity contribution is 0.102. The van der Waals surface area contributed by atoms with Crippen LogP contribution < -0.4 is 5.32 Å². The van der Waals surface area contributed by atoms with Gasteiger partial charge in [-0.3, -0.25) is 4.79 Å². The summed E-state index contributed by atoms with van der Waals surface area (Å²) in [5, 5.41) is 12.2. The van der Waals surface area contributed by atoms with Crippen LogP contribution >= 0.6 is 34.2 Å². The van der Waals surface area contributed by atoms with Crippen LogP contribution in [0, 0.1) is 14.9 Å². The van der Waals surface area contributed by atoms with Gasteiger partial charge in [-0.25, -0.2) is 0 Å². The zero-order valence-electron chi connectivity index (χ0n) is 9.65. The number of nitrogens with zero attached hydrogens (tertiary/aromatic N) is 1. The molecule has 0 heterocycles. The second-order valence-corrected chi connectivity index (χ2v) is 5.45. The Labute approximate surface area is 129 Å². The second-order valence-electron chi connectivity index (χ2n) is 3.77. The third-order valence-electron chi connectivity index (χ3n) is 2.44. The number of benzene rings is 2. The van der Waals surface area contributed by atoms with Crippen molar-refractivity contribution >= 4 is 45.8 Å². The maximum absolute atomic E-state index is 12.1. The van der Waals surface area contributed by atoms with E-state index in [0.717, 1.165) is 3.57 Å². The zero-order chi connectivity index (χ0) is 13.8. The fourth-order valence-corrected chi connectivity index (χ4v) is 2.26. The molecule has 0 aliphatic rings. The molecule has 0 unspecified atom stereocenters. The SMILES string of the molecule is N#Cc1ccc(Cl)cc1NC(=O)c1cccc(I)c1. The molecule has 0 radical (unpaired) electrons. The van der Waals surface area contributed by atoms with E-state index >= 15 is 0 Å². The van der Waals surface area contributed by atoms with E-state index in [9.17, 15) is 4.79 Å². The summed E-state index contributed by atoms with van der Waals surface area (Å²) < 4.78 is 0.969. The van der Waals surface area contributed by atoms with Crippen LogP contribution in [0.15, 0.2) is 42.5 Å². The number of carbonyl (C=O) groups is 1. The molecule has 94 valence electrons. The van der Waals surface area contributed by atoms with E-state index in [-0.39, 0.29) is 5.91 Å². The molecule has 1 N–H and O–H groups in total. The molecule has 0 aromatic heterocycles. The van der Waals surface area contributed by atoms with Gasteiger partial charge in [-0.2, -0.15) is 5.26 Å². The smallest absolute Gasteiger partial charge is 0.255 e. The van der Waals surface area contributed by atoms with Gasteiger partial charge in [0.1, 0.15) is 6.07 Å². The summed E-state index contributed by atoms with van der Waals surface area (Å²) >= 11 is 8.00. The quantitative estimate of drug-likeness (QED) is 0.796. The first-order chi connectivity index (χ1) is 9.10. The second kappa shape index (κ2) is 6.04. The molecule has 1 amide bonds. The summed E-state index contributed by atoms with van der Waals surface area (Å²) in [4.78, 5) is 12.1. The molecule has 2 aromatic carbocycles. The zero-order valence-corrected chi connectivity index (χ0v) is 12.6. The minimum absolute atomic E-state index is 0.266. The molecule has 2 rings (SSSR count). The van der Waals surface area contributed by atoms with Crippen molar-refractivity contribution in [2.24, 2.45) is 0 Å². The number of hydrogen-bond acceptors (Lipinski definition) is 2. The van der Waals surface area contributed by atoms with Crippen LogP contribution in [0.1, 0.15) is 15.9 Å². The van der Waals surface area contributed by atoms with Gasteiger partial charge in [-0.05, 0) is 59.0 Å². The molecular weight excluding hydrogens is 375 g/mol. The van der Waals surface area contributed by atoms with E-state index in [4.69, 9.17) is 16.9 Å². The molecule has 0 saturated heterocycles. The maximum Gasteiger partial charge on any atom is 0.255 e. The number of halogens is 2. The topological polar surface area (TPSA) is 52.9 Å². The fourth-order valence-electron chi connectivity index (χ4n) is 1.54. The van der Waals surface area contributed by atoms with E-state index in [1.807, 2.05) is 12.1 Å². The molecule has 0 spiro atoms. The first kappa shape index (κ1) is 13.8. The van der Waals surface area contributed by atoms with E-state index in [2.05, 4.69) is 27.9 Å². The highest BCUT2D eigenvalue weighted by Gasteiger charge is 2.09. The van der Waals surface area contributed by atoms with Gasteiger partial charge in [0.25, 0.3) is 5.91 Å². The predicted molar refractivity (Wildman–Crippen MR) is 83.3 cm³/mol. The maximum atomic E-state index is 12.1. The summed E-state index contributed by atoms with van der Waals surface area (Å²) in [7, 11) is 0. The van der Waals surface area contributed by atoms with Gasteiger partial charge in [-0.15, -0.1) is 0 Å². The number of amides is 1. The van der Waals surface area contributed by atoms with E-state index in [0.29, 0.717) is 21.8 Å². The highest BCUT2D eigenvalue weighted by atomic mass is 127. The monoisotopic (exact) mass is 382 g/mol. The van der Waals surface area contributed by atoms with Crippen LogP contribution in [0.4, 0.5) is 5.69 Å². The number of hydrogen-bond donors (Lipinski definition) is 1. The number of nitrogens with one attached hydrogen (secondary N) is 1. The summed E-state index contributed by atoms with van der Waals surface area (Å²) in [6, 6.07) is 14.0. The summed E-state index contributed by atoms with van der Waals surface area (Å²) in [6.07, 6.45) is 0. The van der Waals surface area contributed by atoms with Gasteiger partial charge in [0.2, 0.25) is 0 Å². The molecule has 0 aliphatic heterocycles. The summed E-state index contributed by atoms with van der Waals surface area (Å²) in [5.41, 5.74) is 1.33. The molecule has 3 nitrogen and oxygen atoms in total. The van der Waals surface area contributed by atoms with Crippen LogP contribution in [0.3, 0.4) is 0 Å². The Balaban J connectivity index is 2.29. The van der Waals surface area contributed by atoms with Crippen molar-refractivity contribution in [3.8, 4) is 6.07 Å². The van der Waals surface area contributed by atoms with Crippen molar-refractivity contribution in [1.82, 2.24) is 0 Å². The first-order valence-electron chi connectivity index (χ1n) is 5.37. The molecule has 0 aliphatic carbocycles. The third-order valence-corrected chi connectivity index (χ3v) is 3.34. The van der Waals surface area contributed by atoms with Gasteiger partial charge in [0, 0.05) is 14.2 Å². The molecule has 0 bridgehead atoms. The normalized spacial score (nSPS) is 9.74. The van der Waals surface area contributed by atoms with Gasteiger partial charge in [0.05, 0.1) is 11.3 Å². The average molecular weight is 383 g/mol. The highest BCUT2D eigenvalue weighted by molar-refractivity contribution is 14.1. The number of anilines is 1. The minimum atomic E-state index is -0.266. The summed E-state index contributed by atoms with van der Waals surface area (Å²) in [5.74, 6) is -0.266. The van der Waals surface area contributed by atoms with Crippen molar-refractivity contribution in [2.75, 3.05) is 5.32 Å². The molecule has 19 heavy (non-hydrogen) atoms. The van der Waals surface area contributed by atoms with Gasteiger partial charge >= 0.3 is 0 Å². The average Bonchev–Trinajstić information content (AvgIpc) is 2.39. The molecular formula is C14H8ClIN2O. The molecule has 2 aromatic rings. The van der Waals surface area contributed by atoms with Crippen molar-refractivity contribution in [3.05, 3.63) is 62.2 Å².